The number of thiophene rings is 1. The number of ketones is 1. The van der Waals surface area contributed by atoms with E-state index in [0.29, 0.717) is 6.42 Å². The standard InChI is InChI=1S/C12H13NOS2/c1-9(14)4-2-6-12-13-10(8-16-12)11-5-3-7-15-11/h3,5,7-8H,2,4,6H2,1H3. The van der Waals surface area contributed by atoms with Gasteiger partial charge in [0.05, 0.1) is 15.6 Å². The smallest absolute Gasteiger partial charge is 0.129 e. The molecule has 0 aliphatic rings. The van der Waals surface area contributed by atoms with E-state index >= 15 is 0 Å². The highest BCUT2D eigenvalue weighted by atomic mass is 32.1. The van der Waals surface area contributed by atoms with Crippen LogP contribution in [-0.2, 0) is 11.2 Å². The summed E-state index contributed by atoms with van der Waals surface area (Å²) in [7, 11) is 0. The van der Waals surface area contributed by atoms with E-state index in [-0.39, 0.29) is 5.78 Å². The van der Waals surface area contributed by atoms with E-state index in [2.05, 4.69) is 21.8 Å². The third kappa shape index (κ3) is 3.00. The van der Waals surface area contributed by atoms with Gasteiger partial charge in [0.2, 0.25) is 0 Å². The second kappa shape index (κ2) is 5.37. The van der Waals surface area contributed by atoms with Crippen molar-refractivity contribution in [2.24, 2.45) is 0 Å². The van der Waals surface area contributed by atoms with Crippen molar-refractivity contribution in [2.45, 2.75) is 26.2 Å². The van der Waals surface area contributed by atoms with E-state index in [1.807, 2.05) is 6.07 Å². The topological polar surface area (TPSA) is 30.0 Å². The number of Topliss-reactive ketones (excluding diaryl/α,β-unsaturated/α-hetero) is 1. The highest BCUT2D eigenvalue weighted by Crippen LogP contribution is 2.26. The Bertz CT molecular complexity index is 459. The van der Waals surface area contributed by atoms with Crippen molar-refractivity contribution >= 4 is 28.5 Å². The fraction of sp³-hybridized carbons (Fsp3) is 0.333. The van der Waals surface area contributed by atoms with Gasteiger partial charge in [0.15, 0.2) is 0 Å². The molecule has 0 saturated carbocycles. The number of nitrogens with zero attached hydrogens (tertiary/aromatic N) is 1. The lowest BCUT2D eigenvalue weighted by molar-refractivity contribution is -0.117. The van der Waals surface area contributed by atoms with Gasteiger partial charge in [-0.1, -0.05) is 6.07 Å². The number of thiazole rings is 1. The molecule has 0 atom stereocenters. The third-order valence-corrected chi connectivity index (χ3v) is 4.05. The number of carbonyl (C=O) groups is 1. The fourth-order valence-corrected chi connectivity index (χ4v) is 3.05. The van der Waals surface area contributed by atoms with E-state index < -0.39 is 0 Å². The maximum atomic E-state index is 10.8. The molecule has 2 aromatic heterocycles. The Morgan fingerprint density at radius 3 is 3.00 bits per heavy atom. The van der Waals surface area contributed by atoms with Gasteiger partial charge < -0.3 is 4.79 Å². The monoisotopic (exact) mass is 251 g/mol. The molecule has 0 bridgehead atoms. The van der Waals surface area contributed by atoms with Crippen molar-refractivity contribution < 1.29 is 4.79 Å². The van der Waals surface area contributed by atoms with Gasteiger partial charge in [-0.25, -0.2) is 4.98 Å². The maximum absolute atomic E-state index is 10.8. The molecule has 0 amide bonds. The molecule has 2 rings (SSSR count). The lowest BCUT2D eigenvalue weighted by Gasteiger charge is -1.93. The molecular weight excluding hydrogens is 238 g/mol. The molecule has 4 heteroatoms. The molecule has 0 unspecified atom stereocenters. The predicted octanol–water partition coefficient (Wildman–Crippen LogP) is 3.78. The molecule has 0 radical (unpaired) electrons. The first-order valence-electron chi connectivity index (χ1n) is 5.23. The van der Waals surface area contributed by atoms with E-state index in [4.69, 9.17) is 0 Å². The van der Waals surface area contributed by atoms with Crippen molar-refractivity contribution in [2.75, 3.05) is 0 Å². The molecule has 84 valence electrons. The third-order valence-electron chi connectivity index (χ3n) is 2.24. The van der Waals surface area contributed by atoms with Crippen molar-refractivity contribution in [3.8, 4) is 10.6 Å². The normalized spacial score (nSPS) is 10.6. The summed E-state index contributed by atoms with van der Waals surface area (Å²) in [6.07, 6.45) is 2.48. The first kappa shape index (κ1) is 11.5. The average Bonchev–Trinajstić information content (AvgIpc) is 2.85. The molecule has 2 aromatic rings. The number of aryl methyl sites for hydroxylation is 1. The van der Waals surface area contributed by atoms with Crippen LogP contribution in [0.1, 0.15) is 24.8 Å². The van der Waals surface area contributed by atoms with Gasteiger partial charge in [0, 0.05) is 11.8 Å². The molecule has 0 aromatic carbocycles. The van der Waals surface area contributed by atoms with Crippen LogP contribution in [0.15, 0.2) is 22.9 Å². The van der Waals surface area contributed by atoms with Crippen LogP contribution >= 0.6 is 22.7 Å². The zero-order chi connectivity index (χ0) is 11.4. The zero-order valence-corrected chi connectivity index (χ0v) is 10.7. The Morgan fingerprint density at radius 1 is 1.44 bits per heavy atom. The minimum Gasteiger partial charge on any atom is -0.300 e. The van der Waals surface area contributed by atoms with Gasteiger partial charge in [-0.3, -0.25) is 0 Å². The molecule has 0 fully saturated rings. The summed E-state index contributed by atoms with van der Waals surface area (Å²) in [6, 6.07) is 4.12. The number of carbonyl (C=O) groups excluding carboxylic acids is 1. The molecule has 2 nitrogen and oxygen atoms in total. The minimum atomic E-state index is 0.259. The van der Waals surface area contributed by atoms with Crippen molar-refractivity contribution in [1.82, 2.24) is 4.98 Å². The Labute approximate surface area is 103 Å². The van der Waals surface area contributed by atoms with Crippen molar-refractivity contribution in [3.63, 3.8) is 0 Å². The molecule has 0 spiro atoms. The van der Waals surface area contributed by atoms with Crippen LogP contribution in [-0.4, -0.2) is 10.8 Å². The summed E-state index contributed by atoms with van der Waals surface area (Å²) in [5.41, 5.74) is 1.07. The number of rotatable bonds is 5. The SMILES string of the molecule is CC(=O)CCCc1nc(-c2cccs2)cs1. The van der Waals surface area contributed by atoms with Gasteiger partial charge in [-0.2, -0.15) is 0 Å². The maximum Gasteiger partial charge on any atom is 0.129 e. The summed E-state index contributed by atoms with van der Waals surface area (Å²) in [4.78, 5) is 16.6. The second-order valence-corrected chi connectivity index (χ2v) is 5.55. The van der Waals surface area contributed by atoms with Gasteiger partial charge in [-0.15, -0.1) is 22.7 Å². The Kier molecular flexibility index (Phi) is 3.85. The van der Waals surface area contributed by atoms with E-state index in [9.17, 15) is 4.79 Å². The molecule has 16 heavy (non-hydrogen) atoms. The Balaban J connectivity index is 1.95. The summed E-state index contributed by atoms with van der Waals surface area (Å²) < 4.78 is 0. The fourth-order valence-electron chi connectivity index (χ4n) is 1.45. The van der Waals surface area contributed by atoms with Crippen LogP contribution in [0.4, 0.5) is 0 Å². The molecule has 0 aliphatic carbocycles. The van der Waals surface area contributed by atoms with Crippen LogP contribution in [0.2, 0.25) is 0 Å². The van der Waals surface area contributed by atoms with Crippen LogP contribution in [0.25, 0.3) is 10.6 Å². The second-order valence-electron chi connectivity index (χ2n) is 3.66. The summed E-state index contributed by atoms with van der Waals surface area (Å²) >= 11 is 3.39. The van der Waals surface area contributed by atoms with Gasteiger partial charge >= 0.3 is 0 Å². The number of hydrogen-bond donors (Lipinski definition) is 0. The van der Waals surface area contributed by atoms with E-state index in [0.717, 1.165) is 23.5 Å². The molecule has 2 heterocycles. The van der Waals surface area contributed by atoms with Crippen molar-refractivity contribution in [1.29, 1.82) is 0 Å². The van der Waals surface area contributed by atoms with Crippen LogP contribution in [0.3, 0.4) is 0 Å². The zero-order valence-electron chi connectivity index (χ0n) is 9.10. The summed E-state index contributed by atoms with van der Waals surface area (Å²) in [5, 5.41) is 5.28. The Morgan fingerprint density at radius 2 is 2.31 bits per heavy atom. The first-order valence-corrected chi connectivity index (χ1v) is 6.99. The number of hydrogen-bond acceptors (Lipinski definition) is 4. The molecule has 0 saturated heterocycles. The largest absolute Gasteiger partial charge is 0.300 e. The molecule has 0 aliphatic heterocycles. The molecule has 0 N–H and O–H groups in total. The minimum absolute atomic E-state index is 0.259. The number of aromatic nitrogens is 1. The van der Waals surface area contributed by atoms with Crippen LogP contribution in [0, 0.1) is 0 Å². The summed E-state index contributed by atoms with van der Waals surface area (Å²) in [5.74, 6) is 0.259. The van der Waals surface area contributed by atoms with E-state index in [1.54, 1.807) is 29.6 Å². The van der Waals surface area contributed by atoms with Crippen LogP contribution in [0.5, 0.6) is 0 Å². The average molecular weight is 251 g/mol. The lowest BCUT2D eigenvalue weighted by atomic mass is 10.2. The van der Waals surface area contributed by atoms with Crippen LogP contribution < -0.4 is 0 Å². The van der Waals surface area contributed by atoms with Gasteiger partial charge in [0.1, 0.15) is 5.78 Å². The predicted molar refractivity (Wildman–Crippen MR) is 69.0 cm³/mol. The quantitative estimate of drug-likeness (QED) is 0.809. The summed E-state index contributed by atoms with van der Waals surface area (Å²) in [6.45, 7) is 1.64. The highest BCUT2D eigenvalue weighted by molar-refractivity contribution is 7.14. The van der Waals surface area contributed by atoms with Crippen molar-refractivity contribution in [3.05, 3.63) is 27.9 Å². The van der Waals surface area contributed by atoms with E-state index in [1.165, 1.54) is 4.88 Å². The van der Waals surface area contributed by atoms with Gasteiger partial charge in [0.25, 0.3) is 0 Å². The molecular formula is C12H13NOS2. The first-order chi connectivity index (χ1) is 7.75. The highest BCUT2D eigenvalue weighted by Gasteiger charge is 2.05. The Hall–Kier alpha value is -1.00. The lowest BCUT2D eigenvalue weighted by Crippen LogP contribution is -1.92. The van der Waals surface area contributed by atoms with Gasteiger partial charge in [-0.05, 0) is 31.2 Å².